The molecular weight excluding hydrogens is 288 g/mol. The Bertz CT molecular complexity index is 562. The van der Waals surface area contributed by atoms with Crippen LogP contribution >= 0.6 is 0 Å². The third-order valence-corrected chi connectivity index (χ3v) is 5.90. The van der Waals surface area contributed by atoms with Gasteiger partial charge < -0.3 is 9.88 Å². The zero-order valence-electron chi connectivity index (χ0n) is 13.2. The Labute approximate surface area is 127 Å². The van der Waals surface area contributed by atoms with Crippen molar-refractivity contribution in [3.8, 4) is 0 Å². The van der Waals surface area contributed by atoms with Gasteiger partial charge in [0.05, 0.1) is 0 Å². The van der Waals surface area contributed by atoms with E-state index in [1.54, 1.807) is 6.20 Å². The quantitative estimate of drug-likeness (QED) is 0.861. The van der Waals surface area contributed by atoms with E-state index in [0.29, 0.717) is 13.1 Å². The van der Waals surface area contributed by atoms with Crippen LogP contribution in [-0.2, 0) is 16.6 Å². The number of aryl methyl sites for hydroxylation is 2. The summed E-state index contributed by atoms with van der Waals surface area (Å²) in [5, 5.41) is 3.57. The predicted octanol–water partition coefficient (Wildman–Crippen LogP) is 1.36. The Morgan fingerprint density at radius 3 is 2.71 bits per heavy atom. The highest BCUT2D eigenvalue weighted by molar-refractivity contribution is 7.89. The summed E-state index contributed by atoms with van der Waals surface area (Å²) in [6.07, 6.45) is 5.02. The normalized spacial score (nSPS) is 20.1. The van der Waals surface area contributed by atoms with Crippen molar-refractivity contribution >= 4 is 10.0 Å². The smallest absolute Gasteiger partial charge is 0.262 e. The lowest BCUT2D eigenvalue weighted by atomic mass is 10.1. The molecule has 2 heterocycles. The number of sulfonamides is 1. The Kier molecular flexibility index (Phi) is 5.40. The molecule has 1 unspecified atom stereocenters. The van der Waals surface area contributed by atoms with E-state index >= 15 is 0 Å². The molecule has 0 bridgehead atoms. The maximum atomic E-state index is 12.7. The van der Waals surface area contributed by atoms with Crippen LogP contribution in [0.5, 0.6) is 0 Å². The SMILES string of the molecule is CCN(CC1CCCCN1)S(=O)(=O)c1cn(CC)c(C)n1. The summed E-state index contributed by atoms with van der Waals surface area (Å²) in [6.45, 7) is 8.39. The second kappa shape index (κ2) is 6.89. The van der Waals surface area contributed by atoms with Crippen LogP contribution in [0, 0.1) is 6.92 Å². The Hall–Kier alpha value is -0.920. The number of aromatic nitrogens is 2. The van der Waals surface area contributed by atoms with E-state index in [1.807, 2.05) is 25.3 Å². The van der Waals surface area contributed by atoms with Crippen LogP contribution in [-0.4, -0.2) is 48.0 Å². The van der Waals surface area contributed by atoms with Crippen molar-refractivity contribution in [3.63, 3.8) is 0 Å². The highest BCUT2D eigenvalue weighted by Gasteiger charge is 2.29. The molecule has 7 heteroatoms. The van der Waals surface area contributed by atoms with Crippen molar-refractivity contribution in [1.82, 2.24) is 19.2 Å². The van der Waals surface area contributed by atoms with Gasteiger partial charge >= 0.3 is 0 Å². The summed E-state index contributed by atoms with van der Waals surface area (Å²) in [7, 11) is -3.50. The van der Waals surface area contributed by atoms with Crippen LogP contribution in [0.1, 0.15) is 38.9 Å². The molecule has 0 spiro atoms. The summed E-state index contributed by atoms with van der Waals surface area (Å²) >= 11 is 0. The first-order chi connectivity index (χ1) is 9.98. The topological polar surface area (TPSA) is 67.2 Å². The first-order valence-corrected chi connectivity index (χ1v) is 9.20. The van der Waals surface area contributed by atoms with Gasteiger partial charge in [0.15, 0.2) is 5.03 Å². The molecule has 1 saturated heterocycles. The maximum absolute atomic E-state index is 12.7. The molecule has 2 rings (SSSR count). The van der Waals surface area contributed by atoms with Gasteiger partial charge in [0.2, 0.25) is 0 Å². The Morgan fingerprint density at radius 2 is 2.19 bits per heavy atom. The number of hydrogen-bond donors (Lipinski definition) is 1. The van der Waals surface area contributed by atoms with E-state index in [2.05, 4.69) is 10.3 Å². The van der Waals surface area contributed by atoms with Crippen LogP contribution in [0.15, 0.2) is 11.2 Å². The summed E-state index contributed by atoms with van der Waals surface area (Å²) in [5.41, 5.74) is 0. The van der Waals surface area contributed by atoms with Gasteiger partial charge in [0.25, 0.3) is 10.0 Å². The zero-order valence-corrected chi connectivity index (χ0v) is 14.0. The standard InChI is InChI=1S/C14H26N4O2S/c1-4-17-11-14(16-12(17)3)21(19,20)18(5-2)10-13-8-6-7-9-15-13/h11,13,15H,4-10H2,1-3H3. The van der Waals surface area contributed by atoms with Crippen LogP contribution in [0.3, 0.4) is 0 Å². The van der Waals surface area contributed by atoms with E-state index in [9.17, 15) is 8.42 Å². The molecule has 1 fully saturated rings. The fourth-order valence-corrected chi connectivity index (χ4v) is 4.27. The summed E-state index contributed by atoms with van der Waals surface area (Å²) < 4.78 is 28.9. The molecule has 21 heavy (non-hydrogen) atoms. The molecule has 0 radical (unpaired) electrons. The molecule has 1 aliphatic heterocycles. The first kappa shape index (κ1) is 16.5. The molecule has 1 N–H and O–H groups in total. The number of piperidine rings is 1. The van der Waals surface area contributed by atoms with Gasteiger partial charge in [-0.15, -0.1) is 0 Å². The van der Waals surface area contributed by atoms with Crippen molar-refractivity contribution in [3.05, 3.63) is 12.0 Å². The summed E-state index contributed by atoms with van der Waals surface area (Å²) in [6, 6.07) is 0.253. The van der Waals surface area contributed by atoms with E-state index in [-0.39, 0.29) is 11.1 Å². The van der Waals surface area contributed by atoms with Crippen LogP contribution < -0.4 is 5.32 Å². The number of nitrogens with one attached hydrogen (secondary N) is 1. The third-order valence-electron chi connectivity index (χ3n) is 4.09. The largest absolute Gasteiger partial charge is 0.334 e. The molecule has 1 atom stereocenters. The van der Waals surface area contributed by atoms with Gasteiger partial charge in [0.1, 0.15) is 5.82 Å². The molecule has 1 aromatic rings. The summed E-state index contributed by atoms with van der Waals surface area (Å²) in [5.74, 6) is 0.739. The van der Waals surface area contributed by atoms with Crippen molar-refractivity contribution in [2.75, 3.05) is 19.6 Å². The molecule has 0 aliphatic carbocycles. The average molecular weight is 314 g/mol. The number of hydrogen-bond acceptors (Lipinski definition) is 4. The molecule has 0 aromatic carbocycles. The zero-order chi connectivity index (χ0) is 15.5. The minimum atomic E-state index is -3.50. The van der Waals surface area contributed by atoms with E-state index in [1.165, 1.54) is 17.1 Å². The highest BCUT2D eigenvalue weighted by Crippen LogP contribution is 2.17. The van der Waals surface area contributed by atoms with Gasteiger partial charge in [-0.25, -0.2) is 13.4 Å². The van der Waals surface area contributed by atoms with E-state index in [4.69, 9.17) is 0 Å². The first-order valence-electron chi connectivity index (χ1n) is 7.76. The van der Waals surface area contributed by atoms with Crippen molar-refractivity contribution in [2.45, 2.75) is 57.6 Å². The minimum absolute atomic E-state index is 0.166. The molecule has 1 aromatic heterocycles. The van der Waals surface area contributed by atoms with Gasteiger partial charge in [-0.3, -0.25) is 0 Å². The Balaban J connectivity index is 2.17. The maximum Gasteiger partial charge on any atom is 0.262 e. The van der Waals surface area contributed by atoms with Crippen molar-refractivity contribution in [2.24, 2.45) is 0 Å². The molecule has 1 aliphatic rings. The predicted molar refractivity (Wildman–Crippen MR) is 82.7 cm³/mol. The van der Waals surface area contributed by atoms with Crippen LogP contribution in [0.4, 0.5) is 0 Å². The molecule has 0 amide bonds. The molecule has 120 valence electrons. The van der Waals surface area contributed by atoms with Gasteiger partial charge in [-0.05, 0) is 33.2 Å². The third kappa shape index (κ3) is 3.64. The summed E-state index contributed by atoms with van der Waals surface area (Å²) in [4.78, 5) is 4.23. The van der Waals surface area contributed by atoms with Crippen LogP contribution in [0.2, 0.25) is 0 Å². The second-order valence-electron chi connectivity index (χ2n) is 5.51. The number of nitrogens with zero attached hydrogens (tertiary/aromatic N) is 3. The minimum Gasteiger partial charge on any atom is -0.334 e. The van der Waals surface area contributed by atoms with Gasteiger partial charge in [-0.2, -0.15) is 4.31 Å². The van der Waals surface area contributed by atoms with Gasteiger partial charge in [-0.1, -0.05) is 13.3 Å². The Morgan fingerprint density at radius 1 is 1.43 bits per heavy atom. The fourth-order valence-electron chi connectivity index (χ4n) is 2.78. The van der Waals surface area contributed by atoms with Crippen LogP contribution in [0.25, 0.3) is 0 Å². The van der Waals surface area contributed by atoms with Crippen molar-refractivity contribution < 1.29 is 8.42 Å². The van der Waals surface area contributed by atoms with Crippen molar-refractivity contribution in [1.29, 1.82) is 0 Å². The molecular formula is C14H26N4O2S. The monoisotopic (exact) mass is 314 g/mol. The number of likely N-dealkylation sites (N-methyl/N-ethyl adjacent to an activating group) is 1. The number of rotatable bonds is 6. The molecule has 6 nitrogen and oxygen atoms in total. The number of imidazole rings is 1. The lowest BCUT2D eigenvalue weighted by Gasteiger charge is -2.28. The fraction of sp³-hybridized carbons (Fsp3) is 0.786. The van der Waals surface area contributed by atoms with Gasteiger partial charge in [0, 0.05) is 31.9 Å². The molecule has 0 saturated carbocycles. The van der Waals surface area contributed by atoms with E-state index < -0.39 is 10.0 Å². The lowest BCUT2D eigenvalue weighted by Crippen LogP contribution is -2.45. The lowest BCUT2D eigenvalue weighted by molar-refractivity contribution is 0.319. The second-order valence-corrected chi connectivity index (χ2v) is 7.40. The average Bonchev–Trinajstić information content (AvgIpc) is 2.87. The highest BCUT2D eigenvalue weighted by atomic mass is 32.2. The van der Waals surface area contributed by atoms with E-state index in [0.717, 1.165) is 25.3 Å².